The van der Waals surface area contributed by atoms with E-state index in [4.69, 9.17) is 49.1 Å². The minimum absolute atomic E-state index is 0. The number of aromatic nitrogens is 8. The summed E-state index contributed by atoms with van der Waals surface area (Å²) >= 11 is 19.5. The number of piperazine rings is 2. The molecule has 30 heteroatoms. The molecule has 3 saturated heterocycles. The van der Waals surface area contributed by atoms with Crippen molar-refractivity contribution >= 4 is 113 Å². The maximum atomic E-state index is 15.3. The van der Waals surface area contributed by atoms with E-state index in [2.05, 4.69) is 38.1 Å². The van der Waals surface area contributed by atoms with Gasteiger partial charge in [-0.15, -0.1) is 0 Å². The summed E-state index contributed by atoms with van der Waals surface area (Å²) in [6, 6.07) is 13.2. The first-order valence-electron chi connectivity index (χ1n) is 32.2. The lowest BCUT2D eigenvalue weighted by Crippen LogP contribution is -2.58. The quantitative estimate of drug-likeness (QED) is 0.0477. The monoisotopic (exact) mass is 1500 g/mol. The van der Waals surface area contributed by atoms with Gasteiger partial charge in [-0.05, 0) is 165 Å². The van der Waals surface area contributed by atoms with Crippen molar-refractivity contribution in [2.45, 2.75) is 169 Å². The number of amides is 2. The van der Waals surface area contributed by atoms with E-state index in [1.54, 1.807) is 40.4 Å². The number of anilines is 2. The van der Waals surface area contributed by atoms with Gasteiger partial charge in [0.15, 0.2) is 31.0 Å². The second-order valence-corrected chi connectivity index (χ2v) is 32.2. The molecule has 2 amide bonds. The highest BCUT2D eigenvalue weighted by Crippen LogP contribution is 2.40. The number of sulfone groups is 2. The number of carbonyl (C=O) groups is 2. The first-order chi connectivity index (χ1) is 46.6. The van der Waals surface area contributed by atoms with Crippen LogP contribution in [-0.2, 0) is 38.6 Å². The predicted molar refractivity (Wildman–Crippen MR) is 402 cm³/mol. The summed E-state index contributed by atoms with van der Waals surface area (Å²) in [7, 11) is -8.00. The first-order valence-corrected chi connectivity index (χ1v) is 37.1. The number of fused-ring (bicyclic) bond motifs is 2. The molecule has 546 valence electrons. The van der Waals surface area contributed by atoms with Gasteiger partial charge < -0.3 is 28.9 Å². The molecule has 0 spiro atoms. The van der Waals surface area contributed by atoms with E-state index in [1.165, 1.54) is 45.6 Å². The fourth-order valence-electron chi connectivity index (χ4n) is 12.3. The molecule has 2 aromatic carbocycles. The number of halogens is 5. The maximum absolute atomic E-state index is 15.3. The second-order valence-electron chi connectivity index (χ2n) is 27.0. The molecule has 0 saturated carbocycles. The third-order valence-electron chi connectivity index (χ3n) is 18.4. The van der Waals surface area contributed by atoms with Crippen molar-refractivity contribution in [3.63, 3.8) is 0 Å². The summed E-state index contributed by atoms with van der Waals surface area (Å²) in [5.41, 5.74) is 2.26. The van der Waals surface area contributed by atoms with E-state index in [0.717, 1.165) is 41.5 Å². The van der Waals surface area contributed by atoms with Gasteiger partial charge in [0.05, 0.1) is 70.3 Å². The Balaban J connectivity index is 0.000000227. The number of rotatable bonds is 12. The molecule has 9 heterocycles. The lowest BCUT2D eigenvalue weighted by Gasteiger charge is -2.44. The largest absolute Gasteiger partial charge is 0.497 e. The van der Waals surface area contributed by atoms with Gasteiger partial charge in [0.25, 0.3) is 0 Å². The average molecular weight is 1500 g/mol. The van der Waals surface area contributed by atoms with Crippen LogP contribution in [0.1, 0.15) is 132 Å². The summed E-state index contributed by atoms with van der Waals surface area (Å²) in [4.78, 5) is 87.4. The molecule has 11 rings (SSSR count). The Morgan fingerprint density at radius 1 is 0.598 bits per heavy atom. The SMILES string of the molecule is C.C.C=CC(=O)N1C[C@H](C)N(c2nc(=O)n(-c3c(C)ccnc3C(C)C)c3nc(-c4cc(S(C)(=O)=O)ccc4F)c(Cl)cc23)C[C@H]1C.C=CC(=O)N1C[C@H](C)N(c2nc(=O)n(-c3c(C)ccnc3C(C)C)c3nc(Cl)c(Cl)cc23)C[C@H]1C.CC1(C)OB(c2cc(S(C)(=O)=O)ccc2F)OC1(C)C. The van der Waals surface area contributed by atoms with Crippen LogP contribution in [0.5, 0.6) is 0 Å². The fourth-order valence-corrected chi connectivity index (χ4v) is 14.1. The molecule has 3 aliphatic rings. The van der Waals surface area contributed by atoms with Crippen molar-refractivity contribution in [3.05, 3.63) is 169 Å². The molecule has 3 aliphatic heterocycles. The molecule has 0 radical (unpaired) electrons. The van der Waals surface area contributed by atoms with Crippen LogP contribution in [0.15, 0.2) is 118 Å². The normalized spacial score (nSPS) is 18.1. The van der Waals surface area contributed by atoms with Gasteiger partial charge in [0.2, 0.25) is 11.8 Å². The van der Waals surface area contributed by atoms with Crippen LogP contribution in [0.4, 0.5) is 20.4 Å². The molecule has 3 fully saturated rings. The van der Waals surface area contributed by atoms with Gasteiger partial charge in [-0.25, -0.2) is 54.3 Å². The molecule has 0 bridgehead atoms. The molecule has 0 N–H and O–H groups in total. The van der Waals surface area contributed by atoms with Crippen molar-refractivity contribution in [3.8, 4) is 22.6 Å². The van der Waals surface area contributed by atoms with Crippen LogP contribution in [0, 0.1) is 25.5 Å². The zero-order valence-electron chi connectivity index (χ0n) is 58.5. The van der Waals surface area contributed by atoms with Crippen LogP contribution in [-0.4, -0.2) is 159 Å². The third-order valence-corrected chi connectivity index (χ3v) is 21.5. The molecule has 6 aromatic heterocycles. The van der Waals surface area contributed by atoms with E-state index in [9.17, 15) is 40.4 Å². The number of hydrogen-bond donors (Lipinski definition) is 0. The minimum atomic E-state index is -3.68. The van der Waals surface area contributed by atoms with Crippen LogP contribution in [0.3, 0.4) is 0 Å². The Kier molecular flexibility index (Phi) is 24.8. The molecule has 22 nitrogen and oxygen atoms in total. The number of aryl methyl sites for hydroxylation is 2. The van der Waals surface area contributed by atoms with E-state index in [0.29, 0.717) is 71.3 Å². The van der Waals surface area contributed by atoms with E-state index in [-0.39, 0.29) is 110 Å². The van der Waals surface area contributed by atoms with Crippen LogP contribution < -0.4 is 26.6 Å². The highest BCUT2D eigenvalue weighted by atomic mass is 35.5. The Bertz CT molecular complexity index is 4970. The van der Waals surface area contributed by atoms with Gasteiger partial charge in [-0.1, -0.05) is 90.5 Å². The average Bonchev–Trinajstić information content (AvgIpc) is 0.967. The molecule has 0 aliphatic carbocycles. The molecule has 4 atom stereocenters. The van der Waals surface area contributed by atoms with Gasteiger partial charge in [-0.3, -0.25) is 19.6 Å². The Morgan fingerprint density at radius 2 is 1.00 bits per heavy atom. The van der Waals surface area contributed by atoms with E-state index < -0.39 is 61.0 Å². The summed E-state index contributed by atoms with van der Waals surface area (Å²) in [6.45, 7) is 35.8. The number of pyridine rings is 4. The highest BCUT2D eigenvalue weighted by Gasteiger charge is 2.52. The van der Waals surface area contributed by atoms with Gasteiger partial charge in [-0.2, -0.15) is 9.97 Å². The molecule has 8 aromatic rings. The Morgan fingerprint density at radius 3 is 1.41 bits per heavy atom. The number of hydrogen-bond acceptors (Lipinski definition) is 18. The van der Waals surface area contributed by atoms with Crippen molar-refractivity contribution in [1.29, 1.82) is 0 Å². The molecule has 102 heavy (non-hydrogen) atoms. The zero-order valence-corrected chi connectivity index (χ0v) is 62.4. The Labute approximate surface area is 610 Å². The minimum Gasteiger partial charge on any atom is -0.399 e. The van der Waals surface area contributed by atoms with Gasteiger partial charge in [0.1, 0.15) is 28.4 Å². The lowest BCUT2D eigenvalue weighted by molar-refractivity contribution is -0.129. The molecular formula is C72H88BCl3F2N12O10S2. The summed E-state index contributed by atoms with van der Waals surface area (Å²) in [6.07, 6.45) is 8.10. The van der Waals surface area contributed by atoms with Crippen molar-refractivity contribution in [2.75, 3.05) is 48.5 Å². The first kappa shape index (κ1) is 81.3. The Hall–Kier alpha value is -8.05. The number of benzene rings is 2. The maximum Gasteiger partial charge on any atom is 0.497 e. The van der Waals surface area contributed by atoms with E-state index >= 15 is 4.39 Å². The van der Waals surface area contributed by atoms with Crippen molar-refractivity contribution < 1.29 is 44.5 Å². The van der Waals surface area contributed by atoms with E-state index in [1.807, 2.05) is 113 Å². The topological polar surface area (TPSA) is 255 Å². The molecular weight excluding hydrogens is 1410 g/mol. The van der Waals surface area contributed by atoms with Gasteiger partial charge in [0, 0.05) is 86.3 Å². The number of nitrogens with zero attached hydrogens (tertiary/aromatic N) is 12. The predicted octanol–water partition coefficient (Wildman–Crippen LogP) is 12.4. The highest BCUT2D eigenvalue weighted by molar-refractivity contribution is 7.91. The summed E-state index contributed by atoms with van der Waals surface area (Å²) in [5.74, 6) is -0.828. The van der Waals surface area contributed by atoms with Crippen LogP contribution in [0.2, 0.25) is 15.2 Å². The summed E-state index contributed by atoms with van der Waals surface area (Å²) < 4.78 is 91.4. The van der Waals surface area contributed by atoms with Crippen molar-refractivity contribution in [2.24, 2.45) is 0 Å². The van der Waals surface area contributed by atoms with Crippen molar-refractivity contribution in [1.82, 2.24) is 48.8 Å². The molecule has 0 unspecified atom stereocenters. The summed E-state index contributed by atoms with van der Waals surface area (Å²) in [5, 5.41) is 1.41. The van der Waals surface area contributed by atoms with Gasteiger partial charge >= 0.3 is 18.5 Å². The van der Waals surface area contributed by atoms with Crippen LogP contribution in [0.25, 0.3) is 44.7 Å². The second kappa shape index (κ2) is 31.1. The lowest BCUT2D eigenvalue weighted by atomic mass is 9.79. The zero-order chi connectivity index (χ0) is 73.9. The standard InChI is InChI=1S/C32H34ClFN6O4S.C25H28Cl2N6O2.C13H18BFO4S.2CH4/c1-8-26(41)38-15-20(6)39(16-19(38)5)30-23-14-24(33)28(22-13-21(45(7,43)44)9-10-25(22)34)36-31(23)40(32(42)37-30)29-18(4)11-12-35-27(29)17(2)3;1-7-19(34)31-11-16(6)32(12-15(31)5)23-17-10-18(26)22(27)29-24(17)33(25(35)30-23)21-14(4)8-9-28-20(21)13(2)3;1-12(2)13(3,4)19-14(18-12)10-8-9(20(5,16)17)6-7-11(10)15;;/h8-14,17,19-20H,1,15-16H2,2-7H3;7-10,13,15-16H,1,11-12H2,2-6H3;6-8H,1-5H3;2*1H4/t19-,20+;15-,16+;;;/m11.../s1. The number of carbonyl (C=O) groups excluding carboxylic acids is 2. The fraction of sp³-hybridized carbons (Fsp3) is 0.417. The third kappa shape index (κ3) is 16.2. The smallest absolute Gasteiger partial charge is 0.399 e. The van der Waals surface area contributed by atoms with Crippen LogP contribution >= 0.6 is 34.8 Å².